The Morgan fingerprint density at radius 2 is 2.00 bits per heavy atom. The van der Waals surface area contributed by atoms with E-state index in [0.29, 0.717) is 18.4 Å². The second-order valence-corrected chi connectivity index (χ2v) is 9.00. The number of nitrogens with zero attached hydrogens (tertiary/aromatic N) is 4. The van der Waals surface area contributed by atoms with Gasteiger partial charge in [0.2, 0.25) is 5.28 Å². The molecule has 1 amide bonds. The second kappa shape index (κ2) is 7.59. The Balaban J connectivity index is 1.84. The molecule has 2 heterocycles. The third-order valence-electron chi connectivity index (χ3n) is 5.16. The van der Waals surface area contributed by atoms with E-state index in [1.54, 1.807) is 4.90 Å². The molecule has 0 aromatic carbocycles. The van der Waals surface area contributed by atoms with Crippen LogP contribution in [0, 0.1) is 5.41 Å². The molecule has 7 heteroatoms. The largest absolute Gasteiger partial charge is 0.465 e. The maximum absolute atomic E-state index is 11.9. The molecule has 3 rings (SSSR count). The van der Waals surface area contributed by atoms with Crippen molar-refractivity contribution in [2.45, 2.75) is 65.3 Å². The number of carboxylic acid groups (broad SMARTS) is 1. The van der Waals surface area contributed by atoms with Crippen molar-refractivity contribution in [1.82, 2.24) is 14.9 Å². The zero-order chi connectivity index (χ0) is 18.9. The first-order chi connectivity index (χ1) is 12.2. The van der Waals surface area contributed by atoms with Crippen LogP contribution in [0.4, 0.5) is 10.6 Å². The van der Waals surface area contributed by atoms with Crippen molar-refractivity contribution in [3.8, 4) is 0 Å². The summed E-state index contributed by atoms with van der Waals surface area (Å²) in [6, 6.07) is -0.0199. The lowest BCUT2D eigenvalue weighted by Crippen LogP contribution is -2.52. The van der Waals surface area contributed by atoms with Crippen LogP contribution < -0.4 is 4.90 Å². The van der Waals surface area contributed by atoms with Crippen LogP contribution in [0.5, 0.6) is 0 Å². The highest BCUT2D eigenvalue weighted by Crippen LogP contribution is 2.32. The summed E-state index contributed by atoms with van der Waals surface area (Å²) in [5.41, 5.74) is 2.20. The van der Waals surface area contributed by atoms with E-state index >= 15 is 0 Å². The zero-order valence-corrected chi connectivity index (χ0v) is 16.7. The predicted molar refractivity (Wildman–Crippen MR) is 103 cm³/mol. The number of aromatic nitrogens is 2. The molecule has 2 aliphatic rings. The molecule has 144 valence electrons. The van der Waals surface area contributed by atoms with Crippen LogP contribution in [0.1, 0.15) is 57.7 Å². The topological polar surface area (TPSA) is 69.6 Å². The smallest absolute Gasteiger partial charge is 0.407 e. The summed E-state index contributed by atoms with van der Waals surface area (Å²) < 4.78 is 0. The predicted octanol–water partition coefficient (Wildman–Crippen LogP) is 4.00. The molecular formula is C19H29ClN4O2. The molecule has 0 radical (unpaired) electrons. The third-order valence-corrected chi connectivity index (χ3v) is 5.33. The highest BCUT2D eigenvalue weighted by molar-refractivity contribution is 6.28. The van der Waals surface area contributed by atoms with E-state index in [2.05, 4.69) is 35.6 Å². The molecule has 0 spiro atoms. The van der Waals surface area contributed by atoms with Gasteiger partial charge in [0.25, 0.3) is 0 Å². The highest BCUT2D eigenvalue weighted by Gasteiger charge is 2.33. The van der Waals surface area contributed by atoms with Gasteiger partial charge in [-0.05, 0) is 55.5 Å². The number of amides is 1. The SMILES string of the molecule is CC(C)(C)CN(C(=O)O)[C@@H]1CCCN(c2nc(Cl)nc3c2CCCC3)C1. The molecule has 1 atom stereocenters. The summed E-state index contributed by atoms with van der Waals surface area (Å²) >= 11 is 6.18. The number of aryl methyl sites for hydroxylation is 1. The molecule has 0 bridgehead atoms. The van der Waals surface area contributed by atoms with Crippen molar-refractivity contribution in [2.24, 2.45) is 5.41 Å². The molecule has 1 aromatic rings. The number of hydrogen-bond acceptors (Lipinski definition) is 4. The van der Waals surface area contributed by atoms with Crippen molar-refractivity contribution in [2.75, 3.05) is 24.5 Å². The van der Waals surface area contributed by atoms with Crippen LogP contribution in [0.2, 0.25) is 5.28 Å². The second-order valence-electron chi connectivity index (χ2n) is 8.66. The fraction of sp³-hybridized carbons (Fsp3) is 0.737. The number of fused-ring (bicyclic) bond motifs is 1. The third kappa shape index (κ3) is 4.40. The zero-order valence-electron chi connectivity index (χ0n) is 16.0. The van der Waals surface area contributed by atoms with Crippen molar-refractivity contribution in [3.05, 3.63) is 16.5 Å². The summed E-state index contributed by atoms with van der Waals surface area (Å²) in [6.45, 7) is 8.31. The first kappa shape index (κ1) is 19.2. The first-order valence-corrected chi connectivity index (χ1v) is 9.92. The van der Waals surface area contributed by atoms with E-state index in [1.165, 1.54) is 5.56 Å². The van der Waals surface area contributed by atoms with E-state index in [9.17, 15) is 9.90 Å². The number of anilines is 1. The van der Waals surface area contributed by atoms with Crippen molar-refractivity contribution in [3.63, 3.8) is 0 Å². The minimum Gasteiger partial charge on any atom is -0.465 e. The Morgan fingerprint density at radius 3 is 2.69 bits per heavy atom. The van der Waals surface area contributed by atoms with Gasteiger partial charge in [0.1, 0.15) is 5.82 Å². The van der Waals surface area contributed by atoms with Gasteiger partial charge in [-0.2, -0.15) is 0 Å². The number of rotatable bonds is 3. The van der Waals surface area contributed by atoms with Gasteiger partial charge in [0.15, 0.2) is 0 Å². The van der Waals surface area contributed by atoms with Gasteiger partial charge in [0, 0.05) is 25.2 Å². The van der Waals surface area contributed by atoms with Crippen LogP contribution in [0.15, 0.2) is 0 Å². The monoisotopic (exact) mass is 380 g/mol. The molecule has 0 unspecified atom stereocenters. The van der Waals surface area contributed by atoms with Crippen LogP contribution in [-0.2, 0) is 12.8 Å². The lowest BCUT2D eigenvalue weighted by atomic mass is 9.93. The number of piperidine rings is 1. The van der Waals surface area contributed by atoms with Gasteiger partial charge in [-0.3, -0.25) is 0 Å². The van der Waals surface area contributed by atoms with Crippen molar-refractivity contribution >= 4 is 23.5 Å². The molecule has 1 aliphatic carbocycles. The Labute approximate surface area is 160 Å². The van der Waals surface area contributed by atoms with E-state index < -0.39 is 6.09 Å². The molecule has 1 aliphatic heterocycles. The summed E-state index contributed by atoms with van der Waals surface area (Å²) in [5, 5.41) is 10.0. The van der Waals surface area contributed by atoms with Crippen LogP contribution in [0.25, 0.3) is 0 Å². The lowest BCUT2D eigenvalue weighted by molar-refractivity contribution is 0.0962. The summed E-state index contributed by atoms with van der Waals surface area (Å²) in [6.07, 6.45) is 5.22. The minimum absolute atomic E-state index is 0.0199. The maximum Gasteiger partial charge on any atom is 0.407 e. The summed E-state index contributed by atoms with van der Waals surface area (Å²) in [5.74, 6) is 0.922. The van der Waals surface area contributed by atoms with Gasteiger partial charge in [-0.25, -0.2) is 14.8 Å². The lowest BCUT2D eigenvalue weighted by Gasteiger charge is -2.41. The van der Waals surface area contributed by atoms with Gasteiger partial charge in [-0.1, -0.05) is 20.8 Å². The summed E-state index contributed by atoms with van der Waals surface area (Å²) in [7, 11) is 0. The standard InChI is InChI=1S/C19H29ClN4O2/c1-19(2,3)12-24(18(25)26)13-7-6-10-23(11-13)16-14-8-4-5-9-15(14)21-17(20)22-16/h13H,4-12H2,1-3H3,(H,25,26)/t13-/m1/s1. The minimum atomic E-state index is -0.838. The fourth-order valence-electron chi connectivity index (χ4n) is 4.07. The van der Waals surface area contributed by atoms with Gasteiger partial charge < -0.3 is 14.9 Å². The quantitative estimate of drug-likeness (QED) is 0.802. The molecule has 6 nitrogen and oxygen atoms in total. The first-order valence-electron chi connectivity index (χ1n) is 9.54. The van der Waals surface area contributed by atoms with Crippen molar-refractivity contribution < 1.29 is 9.90 Å². The normalized spacial score (nSPS) is 20.6. The highest BCUT2D eigenvalue weighted by atomic mass is 35.5. The van der Waals surface area contributed by atoms with E-state index in [-0.39, 0.29) is 11.5 Å². The van der Waals surface area contributed by atoms with Crippen molar-refractivity contribution in [1.29, 1.82) is 0 Å². The average molecular weight is 381 g/mol. The van der Waals surface area contributed by atoms with Gasteiger partial charge >= 0.3 is 6.09 Å². The van der Waals surface area contributed by atoms with E-state index in [0.717, 1.165) is 56.6 Å². The van der Waals surface area contributed by atoms with Crippen LogP contribution in [-0.4, -0.2) is 51.7 Å². The number of carbonyl (C=O) groups is 1. The van der Waals surface area contributed by atoms with Gasteiger partial charge in [0.05, 0.1) is 11.7 Å². The van der Waals surface area contributed by atoms with E-state index in [1.807, 2.05) is 0 Å². The molecular weight excluding hydrogens is 352 g/mol. The average Bonchev–Trinajstić information content (AvgIpc) is 2.58. The Morgan fingerprint density at radius 1 is 1.27 bits per heavy atom. The molecule has 1 saturated heterocycles. The Bertz CT molecular complexity index is 674. The summed E-state index contributed by atoms with van der Waals surface area (Å²) in [4.78, 5) is 24.7. The maximum atomic E-state index is 11.9. The molecule has 1 aromatic heterocycles. The van der Waals surface area contributed by atoms with Gasteiger partial charge in [-0.15, -0.1) is 0 Å². The number of halogens is 1. The number of hydrogen-bond donors (Lipinski definition) is 1. The van der Waals surface area contributed by atoms with Crippen LogP contribution >= 0.6 is 11.6 Å². The Hall–Kier alpha value is -1.56. The Kier molecular flexibility index (Phi) is 5.61. The van der Waals surface area contributed by atoms with E-state index in [4.69, 9.17) is 11.6 Å². The van der Waals surface area contributed by atoms with Crippen LogP contribution in [0.3, 0.4) is 0 Å². The molecule has 26 heavy (non-hydrogen) atoms. The molecule has 1 fully saturated rings. The molecule has 1 N–H and O–H groups in total. The molecule has 0 saturated carbocycles. The fourth-order valence-corrected chi connectivity index (χ4v) is 4.25.